The quantitative estimate of drug-likeness (QED) is 0.287. The Labute approximate surface area is 261 Å². The summed E-state index contributed by atoms with van der Waals surface area (Å²) in [5.41, 5.74) is 6.95. The van der Waals surface area contributed by atoms with Crippen LogP contribution in [-0.4, -0.2) is 79.9 Å². The molecule has 12 heteroatoms. The highest BCUT2D eigenvalue weighted by Crippen LogP contribution is 2.35. The molecule has 4 heterocycles. The summed E-state index contributed by atoms with van der Waals surface area (Å²) in [6, 6.07) is 15.8. The second-order valence-electron chi connectivity index (χ2n) is 12.2. The van der Waals surface area contributed by atoms with Crippen LogP contribution < -0.4 is 10.5 Å². The van der Waals surface area contributed by atoms with Crippen LogP contribution >= 0.6 is 0 Å². The maximum atomic E-state index is 15.6. The Bertz CT molecular complexity index is 1710. The molecule has 2 N–H and O–H groups in total. The van der Waals surface area contributed by atoms with Crippen LogP contribution in [0.5, 0.6) is 11.5 Å². The number of benzene rings is 2. The lowest BCUT2D eigenvalue weighted by atomic mass is 9.88. The summed E-state index contributed by atoms with van der Waals surface area (Å²) in [6.45, 7) is 7.87. The number of para-hydroxylation sites is 1. The van der Waals surface area contributed by atoms with Crippen molar-refractivity contribution in [1.82, 2.24) is 29.5 Å². The molecule has 2 aliphatic rings. The lowest BCUT2D eigenvalue weighted by molar-refractivity contribution is -0.136. The lowest BCUT2D eigenvalue weighted by Gasteiger charge is -2.42. The van der Waals surface area contributed by atoms with Gasteiger partial charge in [-0.2, -0.15) is 10.4 Å². The molecule has 0 spiro atoms. The number of likely N-dealkylation sites (tertiary alicyclic amines) is 1. The van der Waals surface area contributed by atoms with E-state index in [0.29, 0.717) is 61.0 Å². The highest BCUT2D eigenvalue weighted by molar-refractivity contribution is 5.98. The summed E-state index contributed by atoms with van der Waals surface area (Å²) in [6.07, 6.45) is 3.33. The lowest BCUT2D eigenvalue weighted by Crippen LogP contribution is -2.52. The van der Waals surface area contributed by atoms with Crippen molar-refractivity contribution in [3.63, 3.8) is 0 Å². The van der Waals surface area contributed by atoms with Gasteiger partial charge in [-0.3, -0.25) is 9.69 Å². The number of fused-ring (bicyclic) bond motifs is 1. The SMILES string of the molecule is CC(C)(CC(C#N)C(=O)N1CCC[C@H]1Cn1nc(-c2ccc(Oc3ccccc3)cc2F)c2c(N)ncnc21)N1CCOCC1. The van der Waals surface area contributed by atoms with E-state index in [0.717, 1.165) is 25.9 Å². The van der Waals surface area contributed by atoms with E-state index in [1.165, 1.54) is 12.4 Å². The molecule has 1 amide bonds. The predicted octanol–water partition coefficient (Wildman–Crippen LogP) is 4.64. The number of halogens is 1. The van der Waals surface area contributed by atoms with Gasteiger partial charge in [-0.05, 0) is 57.4 Å². The normalized spacial score (nSPS) is 18.2. The fourth-order valence-electron chi connectivity index (χ4n) is 6.42. The molecule has 2 aromatic heterocycles. The molecule has 1 unspecified atom stereocenters. The third kappa shape index (κ3) is 6.32. The molecule has 4 aromatic rings. The maximum absolute atomic E-state index is 15.6. The fraction of sp³-hybridized carbons (Fsp3) is 0.424. The standard InChI is InChI=1S/C33H37FN8O3/c1-33(2,40-13-15-44-16-14-40)18-22(19-35)32(43)41-12-6-7-23(41)20-42-31-28(30(36)37-21-38-31)29(39-42)26-11-10-25(17-27(26)34)45-24-8-4-3-5-9-24/h3-5,8-11,17,21-23H,6-7,12-16,18,20H2,1-2H3,(H2,36,37,38)/t22?,23-/m0/s1. The van der Waals surface area contributed by atoms with E-state index in [9.17, 15) is 10.1 Å². The molecule has 0 radical (unpaired) electrons. The number of rotatable bonds is 9. The predicted molar refractivity (Wildman–Crippen MR) is 167 cm³/mol. The zero-order valence-electron chi connectivity index (χ0n) is 25.5. The van der Waals surface area contributed by atoms with Gasteiger partial charge in [0.2, 0.25) is 5.91 Å². The minimum atomic E-state index is -0.781. The van der Waals surface area contributed by atoms with E-state index in [1.54, 1.807) is 33.8 Å². The zero-order valence-corrected chi connectivity index (χ0v) is 25.5. The number of nitriles is 1. The van der Waals surface area contributed by atoms with Crippen molar-refractivity contribution >= 4 is 22.8 Å². The molecule has 45 heavy (non-hydrogen) atoms. The van der Waals surface area contributed by atoms with Crippen LogP contribution in [0.4, 0.5) is 10.2 Å². The summed E-state index contributed by atoms with van der Waals surface area (Å²) < 4.78 is 28.5. The Balaban J connectivity index is 1.24. The third-order valence-electron chi connectivity index (χ3n) is 8.80. The number of aromatic nitrogens is 4. The number of anilines is 1. The molecule has 0 saturated carbocycles. The Morgan fingerprint density at radius 1 is 1.16 bits per heavy atom. The molecule has 0 aliphatic carbocycles. The molecular weight excluding hydrogens is 575 g/mol. The first-order valence-corrected chi connectivity index (χ1v) is 15.3. The van der Waals surface area contributed by atoms with Gasteiger partial charge in [0.05, 0.1) is 37.3 Å². The Kier molecular flexibility index (Phi) is 8.65. The minimum absolute atomic E-state index is 0.174. The molecule has 6 rings (SSSR count). The highest BCUT2D eigenvalue weighted by atomic mass is 19.1. The van der Waals surface area contributed by atoms with E-state index >= 15 is 4.39 Å². The van der Waals surface area contributed by atoms with E-state index in [4.69, 9.17) is 20.3 Å². The Hall–Kier alpha value is -4.60. The van der Waals surface area contributed by atoms with Crippen LogP contribution in [0.1, 0.15) is 33.1 Å². The van der Waals surface area contributed by atoms with Gasteiger partial charge in [0.25, 0.3) is 0 Å². The third-order valence-corrected chi connectivity index (χ3v) is 8.80. The van der Waals surface area contributed by atoms with Crippen molar-refractivity contribution in [2.45, 2.75) is 51.2 Å². The van der Waals surface area contributed by atoms with Crippen LogP contribution in [0.3, 0.4) is 0 Å². The molecule has 2 fully saturated rings. The summed E-state index contributed by atoms with van der Waals surface area (Å²) in [5.74, 6) is -0.366. The number of ether oxygens (including phenoxy) is 2. The molecule has 2 saturated heterocycles. The number of nitrogens with two attached hydrogens (primary N) is 1. The number of nitrogens with zero attached hydrogens (tertiary/aromatic N) is 7. The van der Waals surface area contributed by atoms with Crippen molar-refractivity contribution in [2.75, 3.05) is 38.6 Å². The van der Waals surface area contributed by atoms with Crippen LogP contribution in [0, 0.1) is 23.1 Å². The van der Waals surface area contributed by atoms with E-state index in [-0.39, 0.29) is 28.9 Å². The van der Waals surface area contributed by atoms with Gasteiger partial charge in [-0.25, -0.2) is 19.0 Å². The zero-order chi connectivity index (χ0) is 31.6. The van der Waals surface area contributed by atoms with Crippen molar-refractivity contribution < 1.29 is 18.7 Å². The topological polar surface area (TPSA) is 135 Å². The van der Waals surface area contributed by atoms with E-state index < -0.39 is 11.7 Å². The van der Waals surface area contributed by atoms with Gasteiger partial charge >= 0.3 is 0 Å². The summed E-state index contributed by atoms with van der Waals surface area (Å²) in [5, 5.41) is 15.3. The first kappa shape index (κ1) is 30.4. The fourth-order valence-corrected chi connectivity index (χ4v) is 6.42. The smallest absolute Gasteiger partial charge is 0.240 e. The number of hydrogen-bond donors (Lipinski definition) is 1. The number of morpholine rings is 1. The highest BCUT2D eigenvalue weighted by Gasteiger charge is 2.39. The second-order valence-corrected chi connectivity index (χ2v) is 12.2. The average molecular weight is 613 g/mol. The van der Waals surface area contributed by atoms with Crippen molar-refractivity contribution in [1.29, 1.82) is 5.26 Å². The summed E-state index contributed by atoms with van der Waals surface area (Å²) >= 11 is 0. The molecule has 2 atom stereocenters. The van der Waals surface area contributed by atoms with Crippen LogP contribution in [-0.2, 0) is 16.1 Å². The van der Waals surface area contributed by atoms with Gasteiger partial charge in [0.15, 0.2) is 5.65 Å². The molecule has 2 aromatic carbocycles. The molecule has 11 nitrogen and oxygen atoms in total. The second kappa shape index (κ2) is 12.8. The van der Waals surface area contributed by atoms with E-state index in [1.807, 2.05) is 18.2 Å². The van der Waals surface area contributed by atoms with Gasteiger partial charge in [-0.1, -0.05) is 18.2 Å². The monoisotopic (exact) mass is 612 g/mol. The average Bonchev–Trinajstić information content (AvgIpc) is 3.66. The van der Waals surface area contributed by atoms with Crippen LogP contribution in [0.2, 0.25) is 0 Å². The minimum Gasteiger partial charge on any atom is -0.457 e. The molecule has 0 bridgehead atoms. The molecule has 234 valence electrons. The van der Waals surface area contributed by atoms with Crippen molar-refractivity contribution in [3.05, 3.63) is 60.7 Å². The van der Waals surface area contributed by atoms with Gasteiger partial charge < -0.3 is 20.1 Å². The summed E-state index contributed by atoms with van der Waals surface area (Å²) in [7, 11) is 0. The first-order valence-electron chi connectivity index (χ1n) is 15.3. The number of amides is 1. The Morgan fingerprint density at radius 3 is 2.67 bits per heavy atom. The van der Waals surface area contributed by atoms with Gasteiger partial charge in [0, 0.05) is 36.8 Å². The number of hydrogen-bond acceptors (Lipinski definition) is 9. The van der Waals surface area contributed by atoms with Crippen molar-refractivity contribution in [2.24, 2.45) is 5.92 Å². The van der Waals surface area contributed by atoms with Gasteiger partial charge in [0.1, 0.15) is 41.1 Å². The molecule has 2 aliphatic heterocycles. The van der Waals surface area contributed by atoms with Gasteiger partial charge in [-0.15, -0.1) is 0 Å². The van der Waals surface area contributed by atoms with Crippen LogP contribution in [0.15, 0.2) is 54.9 Å². The number of carbonyl (C=O) groups excluding carboxylic acids is 1. The molecular formula is C33H37FN8O3. The van der Waals surface area contributed by atoms with E-state index in [2.05, 4.69) is 34.8 Å². The maximum Gasteiger partial charge on any atom is 0.240 e. The number of carbonyl (C=O) groups is 1. The largest absolute Gasteiger partial charge is 0.457 e. The Morgan fingerprint density at radius 2 is 1.93 bits per heavy atom. The number of nitrogen functional groups attached to an aromatic ring is 1. The van der Waals surface area contributed by atoms with Crippen LogP contribution in [0.25, 0.3) is 22.3 Å². The first-order chi connectivity index (χ1) is 21.7. The summed E-state index contributed by atoms with van der Waals surface area (Å²) in [4.78, 5) is 26.5. The van der Waals surface area contributed by atoms with Crippen molar-refractivity contribution in [3.8, 4) is 28.8 Å².